The van der Waals surface area contributed by atoms with E-state index in [1.54, 1.807) is 11.0 Å². The predicted molar refractivity (Wildman–Crippen MR) is 138 cm³/mol. The summed E-state index contributed by atoms with van der Waals surface area (Å²) in [4.78, 5) is 27.5. The average Bonchev–Trinajstić information content (AvgIpc) is 2.88. The van der Waals surface area contributed by atoms with Crippen LogP contribution in [0.5, 0.6) is 0 Å². The quantitative estimate of drug-likeness (QED) is 0.332. The molecule has 4 nitrogen and oxygen atoms in total. The lowest BCUT2D eigenvalue weighted by Gasteiger charge is -2.22. The Hall–Kier alpha value is -4.44. The molecule has 0 aliphatic heterocycles. The number of carbonyl (C=O) groups excluding carboxylic acids is 2. The van der Waals surface area contributed by atoms with Crippen molar-refractivity contribution in [1.82, 2.24) is 0 Å². The minimum atomic E-state index is -0.126. The van der Waals surface area contributed by atoms with Gasteiger partial charge in [0.2, 0.25) is 5.91 Å². The maximum Gasteiger partial charge on any atom is 0.251 e. The molecule has 0 unspecified atom stereocenters. The zero-order chi connectivity index (χ0) is 23.6. The number of hydrogen-bond donors (Lipinski definition) is 1. The third-order valence-corrected chi connectivity index (χ3v) is 5.31. The summed E-state index contributed by atoms with van der Waals surface area (Å²) in [5, 5.41) is 2.91. The van der Waals surface area contributed by atoms with Gasteiger partial charge in [-0.15, -0.1) is 0 Å². The predicted octanol–water partition coefficient (Wildman–Crippen LogP) is 6.11. The molecule has 0 aromatic heterocycles. The van der Waals surface area contributed by atoms with Crippen molar-refractivity contribution in [3.05, 3.63) is 138 Å². The molecule has 4 aromatic rings. The summed E-state index contributed by atoms with van der Waals surface area (Å²) in [7, 11) is 0. The summed E-state index contributed by atoms with van der Waals surface area (Å²) in [6.07, 6.45) is 3.63. The zero-order valence-electron chi connectivity index (χ0n) is 18.8. The molecular formula is C30H26N2O2. The summed E-state index contributed by atoms with van der Waals surface area (Å²) in [5.41, 5.74) is 4.33. The molecule has 0 spiro atoms. The molecule has 0 saturated heterocycles. The van der Waals surface area contributed by atoms with Gasteiger partial charge < -0.3 is 10.2 Å². The van der Waals surface area contributed by atoms with Gasteiger partial charge in [-0.3, -0.25) is 9.59 Å². The van der Waals surface area contributed by atoms with Gasteiger partial charge >= 0.3 is 0 Å². The first kappa shape index (κ1) is 22.7. The van der Waals surface area contributed by atoms with E-state index in [-0.39, 0.29) is 18.2 Å². The lowest BCUT2D eigenvalue weighted by Crippen LogP contribution is -2.28. The molecule has 1 N–H and O–H groups in total. The van der Waals surface area contributed by atoms with Gasteiger partial charge in [-0.2, -0.15) is 0 Å². The summed E-state index contributed by atoms with van der Waals surface area (Å²) in [6, 6.07) is 36.6. The number of para-hydroxylation sites is 1. The number of carbonyl (C=O) groups is 2. The number of amides is 2. The molecule has 0 saturated carbocycles. The smallest absolute Gasteiger partial charge is 0.251 e. The van der Waals surface area contributed by atoms with Crippen molar-refractivity contribution < 1.29 is 9.59 Å². The molecule has 4 rings (SSSR count). The van der Waals surface area contributed by atoms with Crippen molar-refractivity contribution in [2.45, 2.75) is 13.0 Å². The first-order chi connectivity index (χ1) is 16.7. The number of nitrogens with zero attached hydrogens (tertiary/aromatic N) is 1. The van der Waals surface area contributed by atoms with Crippen molar-refractivity contribution in [3.63, 3.8) is 0 Å². The van der Waals surface area contributed by atoms with Gasteiger partial charge in [0.1, 0.15) is 0 Å². The molecule has 0 heterocycles. The highest BCUT2D eigenvalue weighted by Crippen LogP contribution is 2.21. The van der Waals surface area contributed by atoms with Gasteiger partial charge in [0, 0.05) is 17.5 Å². The van der Waals surface area contributed by atoms with Crippen LogP contribution in [0.15, 0.2) is 121 Å². The van der Waals surface area contributed by atoms with Crippen LogP contribution < -0.4 is 10.2 Å². The molecule has 4 aromatic carbocycles. The second-order valence-electron chi connectivity index (χ2n) is 7.91. The van der Waals surface area contributed by atoms with Gasteiger partial charge in [-0.05, 0) is 47.0 Å². The Morgan fingerprint density at radius 3 is 2.03 bits per heavy atom. The van der Waals surface area contributed by atoms with Crippen LogP contribution >= 0.6 is 0 Å². The number of anilines is 2. The van der Waals surface area contributed by atoms with Crippen LogP contribution in [-0.2, 0) is 22.6 Å². The Balaban J connectivity index is 1.54. The summed E-state index contributed by atoms with van der Waals surface area (Å²) in [6.45, 7) is 0.429. The number of nitrogens with one attached hydrogen (secondary N) is 1. The average molecular weight is 447 g/mol. The van der Waals surface area contributed by atoms with E-state index in [0.717, 1.165) is 28.1 Å². The van der Waals surface area contributed by atoms with Crippen LogP contribution in [0.2, 0.25) is 0 Å². The molecule has 0 aliphatic carbocycles. The maximum absolute atomic E-state index is 13.3. The molecule has 34 heavy (non-hydrogen) atoms. The second-order valence-corrected chi connectivity index (χ2v) is 7.91. The molecule has 2 amide bonds. The van der Waals surface area contributed by atoms with E-state index >= 15 is 0 Å². The highest BCUT2D eigenvalue weighted by Gasteiger charge is 2.15. The van der Waals surface area contributed by atoms with Gasteiger partial charge in [0.05, 0.1) is 13.0 Å². The highest BCUT2D eigenvalue weighted by atomic mass is 16.2. The Morgan fingerprint density at radius 1 is 0.706 bits per heavy atom. The fraction of sp³-hybridized carbons (Fsp3) is 0.0667. The first-order valence-electron chi connectivity index (χ1n) is 11.2. The lowest BCUT2D eigenvalue weighted by molar-refractivity contribution is -0.115. The minimum Gasteiger partial charge on any atom is -0.326 e. The molecule has 0 radical (unpaired) electrons. The lowest BCUT2D eigenvalue weighted by atomic mass is 10.1. The standard InChI is InChI=1S/C30H26N2O2/c33-29(31-27-16-8-3-9-17-27)22-26-15-10-18-28(21-26)32(23-25-13-6-2-7-14-25)30(34)20-19-24-11-4-1-5-12-24/h1-21H,22-23H2,(H,31,33)/b20-19+. The van der Waals surface area contributed by atoms with Crippen molar-refractivity contribution in [2.24, 2.45) is 0 Å². The van der Waals surface area contributed by atoms with Crippen molar-refractivity contribution >= 4 is 29.3 Å². The summed E-state index contributed by atoms with van der Waals surface area (Å²) < 4.78 is 0. The van der Waals surface area contributed by atoms with Crippen LogP contribution in [0.25, 0.3) is 6.08 Å². The van der Waals surface area contributed by atoms with Crippen LogP contribution in [-0.4, -0.2) is 11.8 Å². The van der Waals surface area contributed by atoms with Gasteiger partial charge in [0.15, 0.2) is 0 Å². The fourth-order valence-corrected chi connectivity index (χ4v) is 3.63. The van der Waals surface area contributed by atoms with Crippen molar-refractivity contribution in [2.75, 3.05) is 10.2 Å². The van der Waals surface area contributed by atoms with Crippen LogP contribution in [0.1, 0.15) is 16.7 Å². The van der Waals surface area contributed by atoms with Crippen molar-refractivity contribution in [1.29, 1.82) is 0 Å². The minimum absolute atomic E-state index is 0.103. The van der Waals surface area contributed by atoms with Gasteiger partial charge in [0.25, 0.3) is 5.91 Å². The van der Waals surface area contributed by atoms with Gasteiger partial charge in [-0.25, -0.2) is 0 Å². The maximum atomic E-state index is 13.3. The number of benzene rings is 4. The van der Waals surface area contributed by atoms with E-state index in [4.69, 9.17) is 0 Å². The number of hydrogen-bond acceptors (Lipinski definition) is 2. The second kappa shape index (κ2) is 11.4. The topological polar surface area (TPSA) is 49.4 Å². The Bertz CT molecular complexity index is 1250. The first-order valence-corrected chi connectivity index (χ1v) is 11.2. The molecule has 0 bridgehead atoms. The Labute approximate surface area is 200 Å². The van der Waals surface area contributed by atoms with E-state index in [2.05, 4.69) is 5.32 Å². The van der Waals surface area contributed by atoms with E-state index in [1.807, 2.05) is 121 Å². The highest BCUT2D eigenvalue weighted by molar-refractivity contribution is 6.04. The summed E-state index contributed by atoms with van der Waals surface area (Å²) in [5.74, 6) is -0.230. The van der Waals surface area contributed by atoms with Crippen molar-refractivity contribution in [3.8, 4) is 0 Å². The monoisotopic (exact) mass is 446 g/mol. The third kappa shape index (κ3) is 6.53. The normalized spacial score (nSPS) is 10.7. The molecule has 0 aliphatic rings. The SMILES string of the molecule is O=C(Cc1cccc(N(Cc2ccccc2)C(=O)/C=C/c2ccccc2)c1)Nc1ccccc1. The number of rotatable bonds is 8. The Morgan fingerprint density at radius 2 is 1.32 bits per heavy atom. The van der Waals surface area contributed by atoms with Crippen LogP contribution in [0.4, 0.5) is 11.4 Å². The summed E-state index contributed by atoms with van der Waals surface area (Å²) >= 11 is 0. The van der Waals surface area contributed by atoms with E-state index in [9.17, 15) is 9.59 Å². The molecule has 0 atom stereocenters. The molecule has 168 valence electrons. The van der Waals surface area contributed by atoms with E-state index < -0.39 is 0 Å². The molecule has 4 heteroatoms. The zero-order valence-corrected chi connectivity index (χ0v) is 18.8. The third-order valence-electron chi connectivity index (χ3n) is 5.31. The molecule has 0 fully saturated rings. The van der Waals surface area contributed by atoms with E-state index in [0.29, 0.717) is 6.54 Å². The molecular weight excluding hydrogens is 420 g/mol. The van der Waals surface area contributed by atoms with Gasteiger partial charge in [-0.1, -0.05) is 91.0 Å². The van der Waals surface area contributed by atoms with Crippen LogP contribution in [0.3, 0.4) is 0 Å². The van der Waals surface area contributed by atoms with E-state index in [1.165, 1.54) is 0 Å². The largest absolute Gasteiger partial charge is 0.326 e. The van der Waals surface area contributed by atoms with Crippen LogP contribution in [0, 0.1) is 0 Å². The fourth-order valence-electron chi connectivity index (χ4n) is 3.63. The Kier molecular flexibility index (Phi) is 7.65.